The van der Waals surface area contributed by atoms with Gasteiger partial charge >= 0.3 is 0 Å². The second kappa shape index (κ2) is 14.6. The smallest absolute Gasteiger partial charge is 0.269 e. The summed E-state index contributed by atoms with van der Waals surface area (Å²) in [6, 6.07) is 22.9. The number of hydrogen-bond acceptors (Lipinski definition) is 7. The first-order valence-electron chi connectivity index (χ1n) is 10.9. The van der Waals surface area contributed by atoms with E-state index in [0.717, 1.165) is 22.6 Å². The zero-order valence-corrected chi connectivity index (χ0v) is 22.1. The molecule has 11 heteroatoms. The number of hydrogen-bond donors (Lipinski definition) is 3. The highest BCUT2D eigenvalue weighted by Gasteiger charge is 2.18. The molecule has 1 heterocycles. The number of rotatable bonds is 9. The number of nitrogens with two attached hydrogens (primary N) is 1. The van der Waals surface area contributed by atoms with Crippen molar-refractivity contribution in [3.05, 3.63) is 99.6 Å². The number of ether oxygens (including phenoxy) is 1. The number of benzene rings is 3. The van der Waals surface area contributed by atoms with Gasteiger partial charge in [0.2, 0.25) is 0 Å². The zero-order valence-electron chi connectivity index (χ0n) is 19.6. The summed E-state index contributed by atoms with van der Waals surface area (Å²) in [7, 11) is 0. The fourth-order valence-corrected chi connectivity index (χ4v) is 3.67. The van der Waals surface area contributed by atoms with Crippen LogP contribution < -0.4 is 21.1 Å². The van der Waals surface area contributed by atoms with Crippen LogP contribution in [0, 0.1) is 10.1 Å². The van der Waals surface area contributed by atoms with Crippen molar-refractivity contribution in [3.63, 3.8) is 0 Å². The highest BCUT2D eigenvalue weighted by molar-refractivity contribution is 5.89. The Kier molecular flexibility index (Phi) is 12.7. The van der Waals surface area contributed by atoms with E-state index in [0.29, 0.717) is 25.5 Å². The largest absolute Gasteiger partial charge is 0.481 e. The number of nitrogens with one attached hydrogen (secondary N) is 2. The number of halogens is 3. The van der Waals surface area contributed by atoms with Gasteiger partial charge in [-0.1, -0.05) is 48.5 Å². The summed E-state index contributed by atoms with van der Waals surface area (Å²) in [4.78, 5) is 14.9. The van der Waals surface area contributed by atoms with Crippen molar-refractivity contribution in [1.29, 1.82) is 0 Å². The molecule has 36 heavy (non-hydrogen) atoms. The van der Waals surface area contributed by atoms with Crippen molar-refractivity contribution >= 4 is 54.4 Å². The van der Waals surface area contributed by atoms with Crippen LogP contribution in [0.3, 0.4) is 0 Å². The first-order chi connectivity index (χ1) is 16.0. The van der Waals surface area contributed by atoms with Crippen molar-refractivity contribution in [3.8, 4) is 5.75 Å². The number of nitro benzene ring substituents is 1. The fourth-order valence-electron chi connectivity index (χ4n) is 3.67. The molecule has 0 aromatic heterocycles. The van der Waals surface area contributed by atoms with Crippen LogP contribution in [0.25, 0.3) is 0 Å². The van der Waals surface area contributed by atoms with E-state index in [1.165, 1.54) is 17.7 Å². The molecule has 0 bridgehead atoms. The van der Waals surface area contributed by atoms with Crippen LogP contribution in [0.4, 0.5) is 11.4 Å². The number of nitrogens with zero attached hydrogens (tertiary/aromatic N) is 2. The van der Waals surface area contributed by atoms with Gasteiger partial charge in [0.1, 0.15) is 17.3 Å². The summed E-state index contributed by atoms with van der Waals surface area (Å²) in [5, 5.41) is 17.9. The maximum Gasteiger partial charge on any atom is 0.269 e. The second-order valence-electron chi connectivity index (χ2n) is 8.00. The molecule has 0 aliphatic carbocycles. The van der Waals surface area contributed by atoms with Gasteiger partial charge in [-0.3, -0.25) is 10.1 Å². The van der Waals surface area contributed by atoms with E-state index in [1.807, 2.05) is 43.3 Å². The Bertz CT molecular complexity index is 1150. The molecule has 0 radical (unpaired) electrons. The van der Waals surface area contributed by atoms with Crippen LogP contribution in [-0.2, 0) is 13.1 Å². The fraction of sp³-hybridized carbons (Fsp3) is 0.240. The summed E-state index contributed by atoms with van der Waals surface area (Å²) < 4.78 is 5.79. The SMILES string of the molecule is CC1Oc2ccc(CNC(CNCc3ccc([N+](=O)[O-])cc3)c3ccccc3)cc2N=C1N.Cl.Cl.Cl. The number of nitro groups is 1. The van der Waals surface area contributed by atoms with Gasteiger partial charge in [-0.15, -0.1) is 37.2 Å². The molecule has 1 aliphatic heterocycles. The first-order valence-corrected chi connectivity index (χ1v) is 10.9. The predicted molar refractivity (Wildman–Crippen MR) is 150 cm³/mol. The Labute approximate surface area is 229 Å². The topological polar surface area (TPSA) is 115 Å². The summed E-state index contributed by atoms with van der Waals surface area (Å²) in [6.45, 7) is 3.84. The number of non-ortho nitro benzene ring substituents is 1. The summed E-state index contributed by atoms with van der Waals surface area (Å²) in [5.74, 6) is 1.22. The average molecular weight is 555 g/mol. The molecular weight excluding hydrogens is 525 g/mol. The van der Waals surface area contributed by atoms with Gasteiger partial charge in [0.05, 0.1) is 4.92 Å². The lowest BCUT2D eigenvalue weighted by Crippen LogP contribution is -2.33. The van der Waals surface area contributed by atoms with E-state index in [4.69, 9.17) is 10.5 Å². The Morgan fingerprint density at radius 3 is 2.33 bits per heavy atom. The van der Waals surface area contributed by atoms with Crippen LogP contribution in [0.5, 0.6) is 5.75 Å². The molecule has 194 valence electrons. The predicted octanol–water partition coefficient (Wildman–Crippen LogP) is 5.25. The maximum absolute atomic E-state index is 10.8. The van der Waals surface area contributed by atoms with Crippen molar-refractivity contribution in [2.45, 2.75) is 32.2 Å². The molecule has 2 unspecified atom stereocenters. The summed E-state index contributed by atoms with van der Waals surface area (Å²) in [6.07, 6.45) is -0.217. The number of aliphatic imine (C=N–C) groups is 1. The molecule has 0 fully saturated rings. The quantitative estimate of drug-likeness (QED) is 0.246. The summed E-state index contributed by atoms with van der Waals surface area (Å²) >= 11 is 0. The molecule has 1 aliphatic rings. The molecule has 0 saturated heterocycles. The van der Waals surface area contributed by atoms with Gasteiger partial charge in [0, 0.05) is 37.8 Å². The molecule has 0 spiro atoms. The standard InChI is InChI=1S/C25H27N5O3.3ClH/c1-17-25(26)29-22-13-19(9-12-24(22)33-17)15-28-23(20-5-3-2-4-6-20)16-27-14-18-7-10-21(11-8-18)30(31)32;;;/h2-13,17,23,27-28H,14-16H2,1H3,(H2,26,29);3*1H. The van der Waals surface area contributed by atoms with Gasteiger partial charge in [0.15, 0.2) is 6.10 Å². The lowest BCUT2D eigenvalue weighted by molar-refractivity contribution is -0.384. The Morgan fingerprint density at radius 2 is 1.67 bits per heavy atom. The lowest BCUT2D eigenvalue weighted by Gasteiger charge is -2.23. The van der Waals surface area contributed by atoms with Gasteiger partial charge in [0.25, 0.3) is 5.69 Å². The molecule has 2 atom stereocenters. The molecular formula is C25H30Cl3N5O3. The minimum Gasteiger partial charge on any atom is -0.481 e. The van der Waals surface area contributed by atoms with Crippen molar-refractivity contribution in [2.24, 2.45) is 10.7 Å². The van der Waals surface area contributed by atoms with E-state index in [9.17, 15) is 10.1 Å². The molecule has 4 rings (SSSR count). The van der Waals surface area contributed by atoms with Crippen LogP contribution in [-0.4, -0.2) is 23.4 Å². The van der Waals surface area contributed by atoms with E-state index in [1.54, 1.807) is 12.1 Å². The first kappa shape index (κ1) is 31.2. The summed E-state index contributed by atoms with van der Waals surface area (Å²) in [5.41, 5.74) is 10.0. The van der Waals surface area contributed by atoms with E-state index in [2.05, 4.69) is 27.8 Å². The second-order valence-corrected chi connectivity index (χ2v) is 8.00. The highest BCUT2D eigenvalue weighted by atomic mass is 35.5. The maximum atomic E-state index is 10.8. The normalized spacial score (nSPS) is 14.5. The van der Waals surface area contributed by atoms with Gasteiger partial charge < -0.3 is 21.1 Å². The van der Waals surface area contributed by atoms with E-state index >= 15 is 0 Å². The third-order valence-corrected chi connectivity index (χ3v) is 5.57. The van der Waals surface area contributed by atoms with Crippen LogP contribution >= 0.6 is 37.2 Å². The van der Waals surface area contributed by atoms with Crippen LogP contribution in [0.1, 0.15) is 29.7 Å². The van der Waals surface area contributed by atoms with Crippen molar-refractivity contribution in [1.82, 2.24) is 10.6 Å². The third kappa shape index (κ3) is 8.08. The van der Waals surface area contributed by atoms with E-state index in [-0.39, 0.29) is 60.0 Å². The van der Waals surface area contributed by atoms with Crippen LogP contribution in [0.15, 0.2) is 77.8 Å². The Morgan fingerprint density at radius 1 is 1.00 bits per heavy atom. The molecule has 4 N–H and O–H groups in total. The van der Waals surface area contributed by atoms with Gasteiger partial charge in [-0.2, -0.15) is 0 Å². The van der Waals surface area contributed by atoms with Crippen molar-refractivity contribution < 1.29 is 9.66 Å². The monoisotopic (exact) mass is 553 g/mol. The zero-order chi connectivity index (χ0) is 23.2. The third-order valence-electron chi connectivity index (χ3n) is 5.57. The molecule has 0 amide bonds. The lowest BCUT2D eigenvalue weighted by atomic mass is 10.1. The Hall–Kier alpha value is -2.88. The number of fused-ring (bicyclic) bond motifs is 1. The van der Waals surface area contributed by atoms with Gasteiger partial charge in [-0.05, 0) is 35.7 Å². The van der Waals surface area contributed by atoms with Crippen LogP contribution in [0.2, 0.25) is 0 Å². The van der Waals surface area contributed by atoms with Crippen molar-refractivity contribution in [2.75, 3.05) is 6.54 Å². The minimum atomic E-state index is -0.389. The average Bonchev–Trinajstić information content (AvgIpc) is 2.83. The van der Waals surface area contributed by atoms with E-state index < -0.39 is 0 Å². The number of amidine groups is 1. The van der Waals surface area contributed by atoms with Gasteiger partial charge in [-0.25, -0.2) is 4.99 Å². The molecule has 3 aromatic carbocycles. The minimum absolute atomic E-state index is 0. The molecule has 8 nitrogen and oxygen atoms in total. The molecule has 0 saturated carbocycles. The Balaban J connectivity index is 0.00000216. The highest BCUT2D eigenvalue weighted by Crippen LogP contribution is 2.32. The molecule has 3 aromatic rings.